The first-order chi connectivity index (χ1) is 13.2. The molecule has 27 heavy (non-hydrogen) atoms. The predicted molar refractivity (Wildman–Crippen MR) is 108 cm³/mol. The number of amides is 1. The first kappa shape index (κ1) is 19.5. The van der Waals surface area contributed by atoms with Crippen LogP contribution in [0.5, 0.6) is 0 Å². The number of benzene rings is 1. The number of thiazole rings is 1. The molecule has 0 saturated heterocycles. The van der Waals surface area contributed by atoms with Crippen LogP contribution < -0.4 is 5.32 Å². The first-order valence-corrected chi connectivity index (χ1v) is 10.0. The monoisotopic (exact) mass is 386 g/mol. The van der Waals surface area contributed by atoms with Gasteiger partial charge in [-0.3, -0.25) is 9.20 Å². The number of fused-ring (bicyclic) bond motifs is 1. The summed E-state index contributed by atoms with van der Waals surface area (Å²) in [4.78, 5) is 20.2. The molecule has 0 fully saturated rings. The SMILES string of the molecule is COCCCNCc1c(C(=O)N(C)CCc2ccccc2)nc2sccn12. The maximum atomic E-state index is 13.0. The van der Waals surface area contributed by atoms with Gasteiger partial charge in [-0.2, -0.15) is 0 Å². The zero-order valence-electron chi connectivity index (χ0n) is 15.9. The molecule has 1 N–H and O–H groups in total. The van der Waals surface area contributed by atoms with Crippen molar-refractivity contribution in [3.8, 4) is 0 Å². The van der Waals surface area contributed by atoms with Gasteiger partial charge in [0.2, 0.25) is 0 Å². The Hall–Kier alpha value is -2.22. The lowest BCUT2D eigenvalue weighted by Crippen LogP contribution is -2.30. The van der Waals surface area contributed by atoms with Gasteiger partial charge in [-0.25, -0.2) is 4.98 Å². The summed E-state index contributed by atoms with van der Waals surface area (Å²) in [5.74, 6) is -0.0319. The average molecular weight is 387 g/mol. The number of ether oxygens (including phenoxy) is 1. The van der Waals surface area contributed by atoms with Crippen molar-refractivity contribution >= 4 is 22.2 Å². The molecule has 144 valence electrons. The molecular weight excluding hydrogens is 360 g/mol. The largest absolute Gasteiger partial charge is 0.385 e. The van der Waals surface area contributed by atoms with Gasteiger partial charge in [-0.1, -0.05) is 30.3 Å². The molecule has 6 nitrogen and oxygen atoms in total. The lowest BCUT2D eigenvalue weighted by atomic mass is 10.1. The van der Waals surface area contributed by atoms with Gasteiger partial charge in [0.1, 0.15) is 0 Å². The third kappa shape index (κ3) is 4.94. The van der Waals surface area contributed by atoms with Crippen LogP contribution >= 0.6 is 11.3 Å². The Morgan fingerprint density at radius 3 is 2.93 bits per heavy atom. The number of methoxy groups -OCH3 is 1. The Labute approximate surface area is 163 Å². The fourth-order valence-electron chi connectivity index (χ4n) is 2.94. The molecule has 3 aromatic rings. The molecular formula is C20H26N4O2S. The summed E-state index contributed by atoms with van der Waals surface area (Å²) in [6, 6.07) is 10.2. The van der Waals surface area contributed by atoms with E-state index in [2.05, 4.69) is 22.4 Å². The zero-order valence-corrected chi connectivity index (χ0v) is 16.7. The molecule has 3 rings (SSSR count). The van der Waals surface area contributed by atoms with Crippen LogP contribution in [0.3, 0.4) is 0 Å². The predicted octanol–water partition coefficient (Wildman–Crippen LogP) is 2.84. The lowest BCUT2D eigenvalue weighted by molar-refractivity contribution is 0.0790. The molecule has 0 bridgehead atoms. The number of carbonyl (C=O) groups is 1. The highest BCUT2D eigenvalue weighted by molar-refractivity contribution is 7.15. The smallest absolute Gasteiger partial charge is 0.274 e. The molecule has 0 aliphatic carbocycles. The summed E-state index contributed by atoms with van der Waals surface area (Å²) in [6.07, 6.45) is 3.73. The fourth-order valence-corrected chi connectivity index (χ4v) is 3.68. The molecule has 0 saturated carbocycles. The van der Waals surface area contributed by atoms with Crippen molar-refractivity contribution in [1.82, 2.24) is 19.6 Å². The molecule has 2 aromatic heterocycles. The standard InChI is InChI=1S/C20H26N4O2S/c1-23(11-9-16-7-4-3-5-8-16)19(25)18-17(15-21-10-6-13-26-2)24-12-14-27-20(24)22-18/h3-5,7-8,12,14,21H,6,9-11,13,15H2,1-2H3. The van der Waals surface area contributed by atoms with E-state index >= 15 is 0 Å². The van der Waals surface area contributed by atoms with Gasteiger partial charge < -0.3 is 15.0 Å². The van der Waals surface area contributed by atoms with Gasteiger partial charge in [0.05, 0.1) is 5.69 Å². The van der Waals surface area contributed by atoms with E-state index < -0.39 is 0 Å². The van der Waals surface area contributed by atoms with Gasteiger partial charge in [0.25, 0.3) is 5.91 Å². The fraction of sp³-hybridized carbons (Fsp3) is 0.400. The second-order valence-corrected chi connectivity index (χ2v) is 7.32. The number of rotatable bonds is 10. The Morgan fingerprint density at radius 2 is 2.15 bits per heavy atom. The lowest BCUT2D eigenvalue weighted by Gasteiger charge is -2.17. The molecule has 0 atom stereocenters. The van der Waals surface area contributed by atoms with Gasteiger partial charge >= 0.3 is 0 Å². The second kappa shape index (κ2) is 9.64. The minimum atomic E-state index is -0.0319. The number of carbonyl (C=O) groups excluding carboxylic acids is 1. The second-order valence-electron chi connectivity index (χ2n) is 6.45. The molecule has 1 amide bonds. The minimum absolute atomic E-state index is 0.0319. The Balaban J connectivity index is 1.67. The first-order valence-electron chi connectivity index (χ1n) is 9.14. The molecule has 7 heteroatoms. The molecule has 0 spiro atoms. The normalized spacial score (nSPS) is 11.2. The van der Waals surface area contributed by atoms with Crippen LogP contribution in [0.1, 0.15) is 28.2 Å². The quantitative estimate of drug-likeness (QED) is 0.545. The van der Waals surface area contributed by atoms with Gasteiger partial charge in [0.15, 0.2) is 10.7 Å². The zero-order chi connectivity index (χ0) is 19.1. The highest BCUT2D eigenvalue weighted by Gasteiger charge is 2.22. The Bertz CT molecular complexity index is 859. The minimum Gasteiger partial charge on any atom is -0.385 e. The van der Waals surface area contributed by atoms with E-state index in [0.29, 0.717) is 18.8 Å². The molecule has 1 aromatic carbocycles. The number of nitrogens with zero attached hydrogens (tertiary/aromatic N) is 3. The summed E-state index contributed by atoms with van der Waals surface area (Å²) in [5, 5.41) is 5.38. The van der Waals surface area contributed by atoms with Crippen LogP contribution in [0.2, 0.25) is 0 Å². The number of hydrogen-bond acceptors (Lipinski definition) is 5. The summed E-state index contributed by atoms with van der Waals surface area (Å²) < 4.78 is 7.08. The molecule has 2 heterocycles. The van der Waals surface area contributed by atoms with E-state index in [0.717, 1.165) is 36.6 Å². The van der Waals surface area contributed by atoms with E-state index in [1.165, 1.54) is 5.56 Å². The molecule has 0 aliphatic heterocycles. The van der Waals surface area contributed by atoms with E-state index in [9.17, 15) is 4.79 Å². The maximum absolute atomic E-state index is 13.0. The van der Waals surface area contributed by atoms with Crippen molar-refractivity contribution in [3.63, 3.8) is 0 Å². The van der Waals surface area contributed by atoms with E-state index in [1.54, 1.807) is 23.3 Å². The summed E-state index contributed by atoms with van der Waals surface area (Å²) in [5.41, 5.74) is 2.68. The van der Waals surface area contributed by atoms with E-state index in [-0.39, 0.29) is 5.91 Å². The number of nitrogens with one attached hydrogen (secondary N) is 1. The Kier molecular flexibility index (Phi) is 6.98. The third-order valence-corrected chi connectivity index (χ3v) is 5.24. The summed E-state index contributed by atoms with van der Waals surface area (Å²) >= 11 is 1.54. The van der Waals surface area contributed by atoms with Crippen LogP contribution in [-0.2, 0) is 17.7 Å². The van der Waals surface area contributed by atoms with Crippen molar-refractivity contribution in [2.45, 2.75) is 19.4 Å². The van der Waals surface area contributed by atoms with Crippen LogP contribution in [0.4, 0.5) is 0 Å². The van der Waals surface area contributed by atoms with Crippen molar-refractivity contribution < 1.29 is 9.53 Å². The highest BCUT2D eigenvalue weighted by atomic mass is 32.1. The third-order valence-electron chi connectivity index (χ3n) is 4.48. The average Bonchev–Trinajstić information content (AvgIpc) is 3.28. The topological polar surface area (TPSA) is 58.9 Å². The van der Waals surface area contributed by atoms with Crippen molar-refractivity contribution in [1.29, 1.82) is 0 Å². The summed E-state index contributed by atoms with van der Waals surface area (Å²) in [7, 11) is 3.54. The van der Waals surface area contributed by atoms with Crippen molar-refractivity contribution in [2.75, 3.05) is 33.9 Å². The van der Waals surface area contributed by atoms with Crippen LogP contribution in [0.25, 0.3) is 4.96 Å². The number of aromatic nitrogens is 2. The molecule has 0 unspecified atom stereocenters. The van der Waals surface area contributed by atoms with E-state index in [1.807, 2.05) is 41.2 Å². The number of imidazole rings is 1. The van der Waals surface area contributed by atoms with Gasteiger partial charge in [0, 0.05) is 45.4 Å². The number of likely N-dealkylation sites (N-methyl/N-ethyl adjacent to an activating group) is 1. The van der Waals surface area contributed by atoms with Crippen LogP contribution in [-0.4, -0.2) is 54.0 Å². The van der Waals surface area contributed by atoms with Crippen LogP contribution in [0, 0.1) is 0 Å². The highest BCUT2D eigenvalue weighted by Crippen LogP contribution is 2.19. The van der Waals surface area contributed by atoms with Crippen LogP contribution in [0.15, 0.2) is 41.9 Å². The van der Waals surface area contributed by atoms with Gasteiger partial charge in [-0.05, 0) is 24.9 Å². The maximum Gasteiger partial charge on any atom is 0.274 e. The summed E-state index contributed by atoms with van der Waals surface area (Å²) in [6.45, 7) is 2.83. The van der Waals surface area contributed by atoms with Crippen molar-refractivity contribution in [3.05, 3.63) is 58.9 Å². The molecule has 0 aliphatic rings. The Morgan fingerprint density at radius 1 is 1.33 bits per heavy atom. The van der Waals surface area contributed by atoms with Gasteiger partial charge in [-0.15, -0.1) is 11.3 Å². The van der Waals surface area contributed by atoms with Crippen molar-refractivity contribution in [2.24, 2.45) is 0 Å². The van der Waals surface area contributed by atoms with E-state index in [4.69, 9.17) is 4.74 Å². The number of hydrogen-bond donors (Lipinski definition) is 1. The molecule has 0 radical (unpaired) electrons.